The van der Waals surface area contributed by atoms with Crippen molar-refractivity contribution in [3.8, 4) is 0 Å². The van der Waals surface area contributed by atoms with E-state index in [0.717, 1.165) is 29.3 Å². The smallest absolute Gasteiger partial charge is 0.270 e. The van der Waals surface area contributed by atoms with E-state index in [2.05, 4.69) is 9.97 Å². The summed E-state index contributed by atoms with van der Waals surface area (Å²) >= 11 is 0. The second-order valence-electron chi connectivity index (χ2n) is 7.74. The molecule has 0 bridgehead atoms. The molecule has 6 heteroatoms. The van der Waals surface area contributed by atoms with Crippen molar-refractivity contribution in [3.05, 3.63) is 66.1 Å². The molecule has 0 aliphatic carbocycles. The summed E-state index contributed by atoms with van der Waals surface area (Å²) in [4.78, 5) is 21.9. The van der Waals surface area contributed by atoms with Crippen LogP contribution < -0.4 is 0 Å². The van der Waals surface area contributed by atoms with Crippen LogP contribution in [0.3, 0.4) is 0 Å². The van der Waals surface area contributed by atoms with Crippen LogP contribution in [0.25, 0.3) is 10.9 Å². The van der Waals surface area contributed by atoms with E-state index in [1.807, 2.05) is 47.4 Å². The van der Waals surface area contributed by atoms with Gasteiger partial charge in [-0.3, -0.25) is 9.78 Å². The highest BCUT2D eigenvalue weighted by Crippen LogP contribution is 2.36. The molecule has 1 aromatic carbocycles. The standard InChI is InChI=1S/C22H23N3O3/c26-21(20-11-17-3-1-2-4-19(17)24-20)25-14-22(15-25)12-18(7-10-28-22)27-13-16-5-8-23-9-6-16/h1-6,8-9,11,18,24H,7,10,12-15H2. The Morgan fingerprint density at radius 1 is 1.25 bits per heavy atom. The van der Waals surface area contributed by atoms with Gasteiger partial charge in [0.2, 0.25) is 0 Å². The molecule has 1 N–H and O–H groups in total. The number of nitrogens with one attached hydrogen (secondary N) is 1. The van der Waals surface area contributed by atoms with Crippen LogP contribution in [0.2, 0.25) is 0 Å². The van der Waals surface area contributed by atoms with Crippen molar-refractivity contribution in [2.24, 2.45) is 0 Å². The second kappa shape index (κ2) is 7.04. The van der Waals surface area contributed by atoms with Crippen molar-refractivity contribution in [2.45, 2.75) is 31.2 Å². The number of ether oxygens (including phenoxy) is 2. The lowest BCUT2D eigenvalue weighted by atomic mass is 9.84. The van der Waals surface area contributed by atoms with E-state index in [0.29, 0.717) is 32.0 Å². The van der Waals surface area contributed by atoms with Crippen LogP contribution in [0.4, 0.5) is 0 Å². The van der Waals surface area contributed by atoms with Gasteiger partial charge in [0.05, 0.1) is 25.8 Å². The number of pyridine rings is 1. The van der Waals surface area contributed by atoms with Crippen molar-refractivity contribution in [1.29, 1.82) is 0 Å². The Morgan fingerprint density at radius 2 is 2.07 bits per heavy atom. The van der Waals surface area contributed by atoms with Crippen molar-refractivity contribution >= 4 is 16.8 Å². The summed E-state index contributed by atoms with van der Waals surface area (Å²) < 4.78 is 12.2. The van der Waals surface area contributed by atoms with Gasteiger partial charge in [-0.2, -0.15) is 0 Å². The van der Waals surface area contributed by atoms with Crippen molar-refractivity contribution in [1.82, 2.24) is 14.9 Å². The number of likely N-dealkylation sites (tertiary alicyclic amines) is 1. The first-order chi connectivity index (χ1) is 13.7. The summed E-state index contributed by atoms with van der Waals surface area (Å²) in [6, 6.07) is 13.8. The SMILES string of the molecule is O=C(c1cc2ccccc2[nH]1)N1CC2(CC(OCc3ccncc3)CCO2)C1. The van der Waals surface area contributed by atoms with Gasteiger partial charge in [0.1, 0.15) is 11.3 Å². The molecule has 5 rings (SSSR count). The van der Waals surface area contributed by atoms with Crippen molar-refractivity contribution in [3.63, 3.8) is 0 Å². The highest BCUT2D eigenvalue weighted by atomic mass is 16.5. The predicted molar refractivity (Wildman–Crippen MR) is 105 cm³/mol. The molecule has 3 aromatic rings. The van der Waals surface area contributed by atoms with Crippen LogP contribution in [0.1, 0.15) is 28.9 Å². The quantitative estimate of drug-likeness (QED) is 0.758. The third-order valence-electron chi connectivity index (χ3n) is 5.69. The lowest BCUT2D eigenvalue weighted by Gasteiger charge is -2.52. The molecule has 2 saturated heterocycles. The molecular formula is C22H23N3O3. The Balaban J connectivity index is 1.19. The fraction of sp³-hybridized carbons (Fsp3) is 0.364. The summed E-state index contributed by atoms with van der Waals surface area (Å²) in [5.74, 6) is 0.0326. The van der Waals surface area contributed by atoms with Gasteiger partial charge in [-0.1, -0.05) is 18.2 Å². The molecule has 0 saturated carbocycles. The van der Waals surface area contributed by atoms with Gasteiger partial charge >= 0.3 is 0 Å². The Hall–Kier alpha value is -2.70. The zero-order chi connectivity index (χ0) is 19.0. The topological polar surface area (TPSA) is 67.5 Å². The second-order valence-corrected chi connectivity index (χ2v) is 7.74. The molecule has 28 heavy (non-hydrogen) atoms. The van der Waals surface area contributed by atoms with Crippen LogP contribution in [-0.4, -0.2) is 52.2 Å². The maximum absolute atomic E-state index is 12.8. The van der Waals surface area contributed by atoms with Crippen LogP contribution >= 0.6 is 0 Å². The van der Waals surface area contributed by atoms with Crippen LogP contribution in [0, 0.1) is 0 Å². The van der Waals surface area contributed by atoms with Gasteiger partial charge in [0.15, 0.2) is 0 Å². The van der Waals surface area contributed by atoms with Gasteiger partial charge in [-0.05, 0) is 36.2 Å². The average Bonchev–Trinajstić information content (AvgIpc) is 3.15. The first kappa shape index (κ1) is 17.4. The number of carbonyl (C=O) groups is 1. The first-order valence-corrected chi connectivity index (χ1v) is 9.72. The number of aromatic nitrogens is 2. The van der Waals surface area contributed by atoms with Crippen LogP contribution in [0.15, 0.2) is 54.9 Å². The zero-order valence-corrected chi connectivity index (χ0v) is 15.6. The fourth-order valence-corrected chi connectivity index (χ4v) is 4.19. The maximum Gasteiger partial charge on any atom is 0.270 e. The number of carbonyl (C=O) groups excluding carboxylic acids is 1. The summed E-state index contributed by atoms with van der Waals surface area (Å²) in [6.45, 7) is 2.50. The number of rotatable bonds is 4. The summed E-state index contributed by atoms with van der Waals surface area (Å²) in [6.07, 6.45) is 5.44. The number of amides is 1. The molecule has 2 aliphatic heterocycles. The Bertz CT molecular complexity index is 946. The van der Waals surface area contributed by atoms with Crippen LogP contribution in [0.5, 0.6) is 0 Å². The van der Waals surface area contributed by atoms with Crippen molar-refractivity contribution < 1.29 is 14.3 Å². The molecule has 4 heterocycles. The Labute approximate surface area is 163 Å². The third-order valence-corrected chi connectivity index (χ3v) is 5.69. The minimum Gasteiger partial charge on any atom is -0.373 e. The molecule has 2 aliphatic rings. The monoisotopic (exact) mass is 377 g/mol. The molecule has 1 spiro atoms. The lowest BCUT2D eigenvalue weighted by molar-refractivity contribution is -0.188. The lowest BCUT2D eigenvalue weighted by Crippen LogP contribution is -2.67. The number of hydrogen-bond acceptors (Lipinski definition) is 4. The Kier molecular flexibility index (Phi) is 4.37. The summed E-state index contributed by atoms with van der Waals surface area (Å²) in [5.41, 5.74) is 2.49. The number of H-pyrrole nitrogens is 1. The van der Waals surface area contributed by atoms with Crippen molar-refractivity contribution in [2.75, 3.05) is 19.7 Å². The highest BCUT2D eigenvalue weighted by Gasteiger charge is 2.49. The van der Waals surface area contributed by atoms with Crippen LogP contribution in [-0.2, 0) is 16.1 Å². The predicted octanol–water partition coefficient (Wildman–Crippen LogP) is 3.15. The highest BCUT2D eigenvalue weighted by molar-refractivity contribution is 5.98. The summed E-state index contributed by atoms with van der Waals surface area (Å²) in [7, 11) is 0. The zero-order valence-electron chi connectivity index (χ0n) is 15.6. The average molecular weight is 377 g/mol. The van der Waals surface area contributed by atoms with Gasteiger partial charge in [-0.15, -0.1) is 0 Å². The Morgan fingerprint density at radius 3 is 2.89 bits per heavy atom. The van der Waals surface area contributed by atoms with Gasteiger partial charge in [-0.25, -0.2) is 0 Å². The molecule has 6 nitrogen and oxygen atoms in total. The molecule has 2 fully saturated rings. The summed E-state index contributed by atoms with van der Waals surface area (Å²) in [5, 5.41) is 1.06. The first-order valence-electron chi connectivity index (χ1n) is 9.72. The van der Waals surface area contributed by atoms with E-state index < -0.39 is 0 Å². The third kappa shape index (κ3) is 3.30. The molecule has 144 valence electrons. The van der Waals surface area contributed by atoms with E-state index in [1.54, 1.807) is 12.4 Å². The van der Waals surface area contributed by atoms with E-state index in [1.165, 1.54) is 0 Å². The van der Waals surface area contributed by atoms with E-state index in [-0.39, 0.29) is 17.6 Å². The minimum absolute atomic E-state index is 0.0326. The number of para-hydroxylation sites is 1. The molecule has 2 aromatic heterocycles. The fourth-order valence-electron chi connectivity index (χ4n) is 4.19. The van der Waals surface area contributed by atoms with E-state index in [9.17, 15) is 4.79 Å². The number of aromatic amines is 1. The molecule has 1 atom stereocenters. The largest absolute Gasteiger partial charge is 0.373 e. The normalized spacial score (nSPS) is 21.0. The van der Waals surface area contributed by atoms with Gasteiger partial charge in [0.25, 0.3) is 5.91 Å². The number of hydrogen-bond donors (Lipinski definition) is 1. The van der Waals surface area contributed by atoms with E-state index in [4.69, 9.17) is 9.47 Å². The maximum atomic E-state index is 12.8. The molecule has 1 unspecified atom stereocenters. The number of fused-ring (bicyclic) bond motifs is 1. The molecular weight excluding hydrogens is 354 g/mol. The minimum atomic E-state index is -0.261. The molecule has 1 amide bonds. The van der Waals surface area contributed by atoms with E-state index >= 15 is 0 Å². The number of nitrogens with zero attached hydrogens (tertiary/aromatic N) is 2. The van der Waals surface area contributed by atoms with Gasteiger partial charge < -0.3 is 19.4 Å². The number of benzene rings is 1. The molecule has 0 radical (unpaired) electrons. The van der Waals surface area contributed by atoms with Gasteiger partial charge in [0, 0.05) is 36.3 Å².